The van der Waals surface area contributed by atoms with E-state index >= 15 is 0 Å². The number of methoxy groups -OCH3 is 1. The van der Waals surface area contributed by atoms with E-state index in [-0.39, 0.29) is 11.4 Å². The van der Waals surface area contributed by atoms with Gasteiger partial charge in [-0.2, -0.15) is 0 Å². The molecule has 0 N–H and O–H groups in total. The zero-order valence-corrected chi connectivity index (χ0v) is 11.6. The minimum atomic E-state index is -0.187. The summed E-state index contributed by atoms with van der Waals surface area (Å²) < 4.78 is 5.47. The average molecular weight is 260 g/mol. The van der Waals surface area contributed by atoms with Crippen molar-refractivity contribution in [2.45, 2.75) is 36.9 Å². The molecule has 0 fully saturated rings. The van der Waals surface area contributed by atoms with Crippen LogP contribution in [0, 0.1) is 0 Å². The molecule has 6 heteroatoms. The van der Waals surface area contributed by atoms with Gasteiger partial charge in [-0.25, -0.2) is 0 Å². The van der Waals surface area contributed by atoms with Gasteiger partial charge in [-0.1, -0.05) is 43.9 Å². The fourth-order valence-corrected chi connectivity index (χ4v) is 2.79. The van der Waals surface area contributed by atoms with Gasteiger partial charge in [0.15, 0.2) is 4.34 Å². The molecule has 0 unspecified atom stereocenters. The summed E-state index contributed by atoms with van der Waals surface area (Å²) >= 11 is 3.13. The first kappa shape index (κ1) is 13.4. The Bertz CT molecular complexity index is 358. The molecule has 0 aliphatic carbocycles. The molecule has 1 rings (SSSR count). The molecule has 0 amide bonds. The van der Waals surface area contributed by atoms with E-state index in [4.69, 9.17) is 0 Å². The standard InChI is InChI=1S/C10H16N2O2S2/c1-10(2,3)8-11-12-9(16-8)15-6-5-7(13)14-4/h5-6H2,1-4H3. The number of esters is 1. The van der Waals surface area contributed by atoms with Crippen molar-refractivity contribution in [3.63, 3.8) is 0 Å². The Labute approximate surface area is 104 Å². The highest BCUT2D eigenvalue weighted by Gasteiger charge is 2.19. The third kappa shape index (κ3) is 4.09. The smallest absolute Gasteiger partial charge is 0.306 e. The van der Waals surface area contributed by atoms with Crippen LogP contribution < -0.4 is 0 Å². The van der Waals surface area contributed by atoms with E-state index in [1.54, 1.807) is 23.1 Å². The molecule has 0 saturated heterocycles. The van der Waals surface area contributed by atoms with Crippen molar-refractivity contribution in [1.82, 2.24) is 10.2 Å². The molecule has 90 valence electrons. The number of carbonyl (C=O) groups is 1. The lowest BCUT2D eigenvalue weighted by atomic mass is 9.98. The predicted octanol–water partition coefficient (Wildman–Crippen LogP) is 2.49. The van der Waals surface area contributed by atoms with E-state index in [9.17, 15) is 4.79 Å². The number of ether oxygens (including phenoxy) is 1. The third-order valence-electron chi connectivity index (χ3n) is 1.81. The van der Waals surface area contributed by atoms with E-state index in [0.29, 0.717) is 12.2 Å². The van der Waals surface area contributed by atoms with Gasteiger partial charge in [0.2, 0.25) is 0 Å². The van der Waals surface area contributed by atoms with Crippen LogP contribution in [-0.4, -0.2) is 29.0 Å². The quantitative estimate of drug-likeness (QED) is 0.615. The average Bonchev–Trinajstić information content (AvgIpc) is 2.65. The number of hydrogen-bond acceptors (Lipinski definition) is 6. The van der Waals surface area contributed by atoms with Crippen LogP contribution >= 0.6 is 23.1 Å². The highest BCUT2D eigenvalue weighted by Crippen LogP contribution is 2.30. The van der Waals surface area contributed by atoms with Gasteiger partial charge in [-0.3, -0.25) is 4.79 Å². The summed E-state index contributed by atoms with van der Waals surface area (Å²) in [5.74, 6) is 0.499. The molecule has 0 aliphatic heterocycles. The SMILES string of the molecule is COC(=O)CCSc1nnc(C(C)(C)C)s1. The maximum absolute atomic E-state index is 10.9. The second-order valence-corrected chi connectivity index (χ2v) is 6.62. The van der Waals surface area contributed by atoms with Crippen molar-refractivity contribution in [3.8, 4) is 0 Å². The Morgan fingerprint density at radius 1 is 1.44 bits per heavy atom. The molecule has 1 aromatic heterocycles. The lowest BCUT2D eigenvalue weighted by molar-refractivity contribution is -0.140. The van der Waals surface area contributed by atoms with Crippen molar-refractivity contribution in [1.29, 1.82) is 0 Å². The van der Waals surface area contributed by atoms with E-state index in [2.05, 4.69) is 35.7 Å². The number of thioether (sulfide) groups is 1. The molecule has 1 heterocycles. The number of hydrogen-bond donors (Lipinski definition) is 0. The summed E-state index contributed by atoms with van der Waals surface area (Å²) in [4.78, 5) is 10.9. The molecule has 0 bridgehead atoms. The van der Waals surface area contributed by atoms with Gasteiger partial charge in [-0.05, 0) is 0 Å². The van der Waals surface area contributed by atoms with Gasteiger partial charge < -0.3 is 4.74 Å². The Balaban J connectivity index is 2.44. The van der Waals surface area contributed by atoms with Gasteiger partial charge in [0.1, 0.15) is 5.01 Å². The first-order valence-corrected chi connectivity index (χ1v) is 6.77. The fraction of sp³-hybridized carbons (Fsp3) is 0.700. The molecular formula is C10H16N2O2S2. The van der Waals surface area contributed by atoms with Crippen molar-refractivity contribution in [2.24, 2.45) is 0 Å². The summed E-state index contributed by atoms with van der Waals surface area (Å²) in [6, 6.07) is 0. The van der Waals surface area contributed by atoms with E-state index < -0.39 is 0 Å². The van der Waals surface area contributed by atoms with Crippen molar-refractivity contribution in [2.75, 3.05) is 12.9 Å². The predicted molar refractivity (Wildman–Crippen MR) is 66.0 cm³/mol. The largest absolute Gasteiger partial charge is 0.469 e. The number of nitrogens with zero attached hydrogens (tertiary/aromatic N) is 2. The zero-order chi connectivity index (χ0) is 12.2. The van der Waals surface area contributed by atoms with Gasteiger partial charge >= 0.3 is 5.97 Å². The first-order valence-electron chi connectivity index (χ1n) is 4.97. The number of carbonyl (C=O) groups excluding carboxylic acids is 1. The minimum Gasteiger partial charge on any atom is -0.469 e. The lowest BCUT2D eigenvalue weighted by Gasteiger charge is -2.12. The molecule has 0 spiro atoms. The van der Waals surface area contributed by atoms with Crippen molar-refractivity contribution in [3.05, 3.63) is 5.01 Å². The molecule has 1 aromatic rings. The molecule has 0 atom stereocenters. The highest BCUT2D eigenvalue weighted by molar-refractivity contribution is 8.01. The Morgan fingerprint density at radius 2 is 2.12 bits per heavy atom. The van der Waals surface area contributed by atoms with Crippen LogP contribution in [0.25, 0.3) is 0 Å². The maximum Gasteiger partial charge on any atom is 0.306 e. The monoisotopic (exact) mass is 260 g/mol. The van der Waals surface area contributed by atoms with Gasteiger partial charge in [-0.15, -0.1) is 10.2 Å². The molecule has 16 heavy (non-hydrogen) atoms. The molecule has 0 aliphatic rings. The second kappa shape index (κ2) is 5.63. The Morgan fingerprint density at radius 3 is 2.62 bits per heavy atom. The maximum atomic E-state index is 10.9. The summed E-state index contributed by atoms with van der Waals surface area (Å²) in [5, 5.41) is 9.24. The van der Waals surface area contributed by atoms with Crippen LogP contribution in [-0.2, 0) is 14.9 Å². The minimum absolute atomic E-state index is 0.0405. The molecule has 0 aromatic carbocycles. The van der Waals surface area contributed by atoms with E-state index in [1.165, 1.54) is 7.11 Å². The Kier molecular flexibility index (Phi) is 4.73. The van der Waals surface area contributed by atoms with E-state index in [0.717, 1.165) is 9.35 Å². The first-order chi connectivity index (χ1) is 7.43. The fourth-order valence-electron chi connectivity index (χ4n) is 0.895. The van der Waals surface area contributed by atoms with Crippen LogP contribution in [0.15, 0.2) is 4.34 Å². The van der Waals surface area contributed by atoms with Crippen LogP contribution in [0.4, 0.5) is 0 Å². The highest BCUT2D eigenvalue weighted by atomic mass is 32.2. The second-order valence-electron chi connectivity index (χ2n) is 4.30. The number of aromatic nitrogens is 2. The van der Waals surface area contributed by atoms with Gasteiger partial charge in [0.05, 0.1) is 13.5 Å². The topological polar surface area (TPSA) is 52.1 Å². The van der Waals surface area contributed by atoms with Crippen LogP contribution in [0.2, 0.25) is 0 Å². The zero-order valence-electron chi connectivity index (χ0n) is 9.94. The summed E-state index contributed by atoms with van der Waals surface area (Å²) in [6.07, 6.45) is 0.408. The van der Waals surface area contributed by atoms with Gasteiger partial charge in [0.25, 0.3) is 0 Å². The summed E-state index contributed by atoms with van der Waals surface area (Å²) in [7, 11) is 1.40. The van der Waals surface area contributed by atoms with Gasteiger partial charge in [0, 0.05) is 11.2 Å². The third-order valence-corrected chi connectivity index (χ3v) is 4.29. The molecule has 4 nitrogen and oxygen atoms in total. The molecular weight excluding hydrogens is 244 g/mol. The summed E-state index contributed by atoms with van der Waals surface area (Å²) in [5.41, 5.74) is 0.0405. The molecule has 0 radical (unpaired) electrons. The number of rotatable bonds is 4. The summed E-state index contributed by atoms with van der Waals surface area (Å²) in [6.45, 7) is 6.32. The van der Waals surface area contributed by atoms with Crippen LogP contribution in [0.3, 0.4) is 0 Å². The normalized spacial score (nSPS) is 11.5. The van der Waals surface area contributed by atoms with Crippen LogP contribution in [0.5, 0.6) is 0 Å². The van der Waals surface area contributed by atoms with Crippen molar-refractivity contribution < 1.29 is 9.53 Å². The molecule has 0 saturated carbocycles. The van der Waals surface area contributed by atoms with Crippen LogP contribution in [0.1, 0.15) is 32.2 Å². The van der Waals surface area contributed by atoms with E-state index in [1.807, 2.05) is 0 Å². The van der Waals surface area contributed by atoms with Crippen molar-refractivity contribution >= 4 is 29.1 Å². The Hall–Kier alpha value is -0.620. The lowest BCUT2D eigenvalue weighted by Crippen LogP contribution is -2.10.